The van der Waals surface area contributed by atoms with Crippen molar-refractivity contribution in [3.05, 3.63) is 52.2 Å². The van der Waals surface area contributed by atoms with Crippen molar-refractivity contribution in [2.24, 2.45) is 0 Å². The lowest BCUT2D eigenvalue weighted by molar-refractivity contribution is 0.207. The van der Waals surface area contributed by atoms with E-state index in [1.165, 1.54) is 0 Å². The Morgan fingerprint density at radius 1 is 1.26 bits per heavy atom. The minimum Gasteiger partial charge on any atom is -0.334 e. The maximum Gasteiger partial charge on any atom is 0.317 e. The second-order valence-corrected chi connectivity index (χ2v) is 7.95. The van der Waals surface area contributed by atoms with Crippen molar-refractivity contribution in [1.82, 2.24) is 10.2 Å². The summed E-state index contributed by atoms with van der Waals surface area (Å²) in [4.78, 5) is 14.8. The first-order chi connectivity index (χ1) is 10.8. The van der Waals surface area contributed by atoms with Crippen molar-refractivity contribution in [3.8, 4) is 0 Å². The normalized spacial score (nSPS) is 11.0. The van der Waals surface area contributed by atoms with Gasteiger partial charge in [0.25, 0.3) is 0 Å². The molecule has 0 bridgehead atoms. The highest BCUT2D eigenvalue weighted by Gasteiger charge is 2.09. The van der Waals surface area contributed by atoms with Crippen LogP contribution in [0.1, 0.15) is 10.4 Å². The van der Waals surface area contributed by atoms with Gasteiger partial charge in [-0.25, -0.2) is 13.2 Å². The number of rotatable bonds is 6. The van der Waals surface area contributed by atoms with Gasteiger partial charge in [-0.05, 0) is 29.1 Å². The first kappa shape index (κ1) is 17.3. The molecule has 1 aromatic heterocycles. The molecular weight excluding hydrogens is 334 g/mol. The van der Waals surface area contributed by atoms with Crippen LogP contribution in [0, 0.1) is 0 Å². The van der Waals surface area contributed by atoms with E-state index in [-0.39, 0.29) is 6.03 Å². The van der Waals surface area contributed by atoms with E-state index in [9.17, 15) is 13.2 Å². The van der Waals surface area contributed by atoms with E-state index < -0.39 is 10.0 Å². The third-order valence-corrected chi connectivity index (χ3v) is 4.46. The fraction of sp³-hybridized carbons (Fsp3) is 0.267. The highest BCUT2D eigenvalue weighted by atomic mass is 32.2. The van der Waals surface area contributed by atoms with Crippen LogP contribution in [0.3, 0.4) is 0 Å². The SMILES string of the molecule is CN(Cc1cccs1)C(=O)NCc1cccc(NS(C)(=O)=O)c1. The monoisotopic (exact) mass is 353 g/mol. The van der Waals surface area contributed by atoms with E-state index in [1.54, 1.807) is 41.5 Å². The predicted octanol–water partition coefficient (Wildman–Crippen LogP) is 2.46. The average Bonchev–Trinajstić information content (AvgIpc) is 2.96. The molecule has 0 saturated carbocycles. The Kier molecular flexibility index (Phi) is 5.62. The fourth-order valence-electron chi connectivity index (χ4n) is 1.98. The topological polar surface area (TPSA) is 78.5 Å². The number of hydrogen-bond donors (Lipinski definition) is 2. The molecule has 23 heavy (non-hydrogen) atoms. The van der Waals surface area contributed by atoms with E-state index in [0.717, 1.165) is 16.7 Å². The highest BCUT2D eigenvalue weighted by Crippen LogP contribution is 2.13. The number of carbonyl (C=O) groups is 1. The number of nitrogens with zero attached hydrogens (tertiary/aromatic N) is 1. The second-order valence-electron chi connectivity index (χ2n) is 5.17. The summed E-state index contributed by atoms with van der Waals surface area (Å²) in [5.74, 6) is 0. The fourth-order valence-corrected chi connectivity index (χ4v) is 3.29. The number of carbonyl (C=O) groups excluding carboxylic acids is 1. The van der Waals surface area contributed by atoms with Gasteiger partial charge in [-0.2, -0.15) is 0 Å². The first-order valence-electron chi connectivity index (χ1n) is 6.91. The molecule has 0 fully saturated rings. The molecule has 0 aliphatic carbocycles. The molecule has 2 aromatic rings. The Hall–Kier alpha value is -2.06. The van der Waals surface area contributed by atoms with Crippen molar-refractivity contribution in [2.75, 3.05) is 18.0 Å². The molecule has 2 amide bonds. The Balaban J connectivity index is 1.90. The predicted molar refractivity (Wildman–Crippen MR) is 92.9 cm³/mol. The quantitative estimate of drug-likeness (QED) is 0.837. The highest BCUT2D eigenvalue weighted by molar-refractivity contribution is 7.92. The van der Waals surface area contributed by atoms with Gasteiger partial charge in [0.2, 0.25) is 10.0 Å². The summed E-state index contributed by atoms with van der Waals surface area (Å²) in [5, 5.41) is 4.79. The van der Waals surface area contributed by atoms with E-state index in [2.05, 4.69) is 10.0 Å². The zero-order chi connectivity index (χ0) is 16.9. The van der Waals surface area contributed by atoms with Crippen LogP contribution in [0.15, 0.2) is 41.8 Å². The number of sulfonamides is 1. The van der Waals surface area contributed by atoms with Crippen LogP contribution >= 0.6 is 11.3 Å². The summed E-state index contributed by atoms with van der Waals surface area (Å²) in [7, 11) is -1.58. The number of benzene rings is 1. The van der Waals surface area contributed by atoms with Gasteiger partial charge in [0.15, 0.2) is 0 Å². The molecule has 1 aromatic carbocycles. The molecule has 2 N–H and O–H groups in total. The van der Waals surface area contributed by atoms with E-state index in [1.807, 2.05) is 23.6 Å². The average molecular weight is 353 g/mol. The maximum absolute atomic E-state index is 12.1. The van der Waals surface area contributed by atoms with Gasteiger partial charge in [-0.1, -0.05) is 18.2 Å². The first-order valence-corrected chi connectivity index (χ1v) is 9.69. The van der Waals surface area contributed by atoms with E-state index in [4.69, 9.17) is 0 Å². The Labute approximate surface area is 140 Å². The third kappa shape index (κ3) is 5.91. The van der Waals surface area contributed by atoms with Crippen LogP contribution < -0.4 is 10.0 Å². The van der Waals surface area contributed by atoms with Gasteiger partial charge in [-0.15, -0.1) is 11.3 Å². The van der Waals surface area contributed by atoms with Crippen LogP contribution in [0.5, 0.6) is 0 Å². The molecule has 0 aliphatic heterocycles. The van der Waals surface area contributed by atoms with Crippen molar-refractivity contribution in [3.63, 3.8) is 0 Å². The lowest BCUT2D eigenvalue weighted by Gasteiger charge is -2.17. The summed E-state index contributed by atoms with van der Waals surface area (Å²) >= 11 is 1.60. The van der Waals surface area contributed by atoms with Gasteiger partial charge in [0.1, 0.15) is 0 Å². The lowest BCUT2D eigenvalue weighted by Crippen LogP contribution is -2.36. The van der Waals surface area contributed by atoms with Crippen molar-refractivity contribution in [2.45, 2.75) is 13.1 Å². The molecule has 0 radical (unpaired) electrons. The van der Waals surface area contributed by atoms with Crippen molar-refractivity contribution in [1.29, 1.82) is 0 Å². The lowest BCUT2D eigenvalue weighted by atomic mass is 10.2. The maximum atomic E-state index is 12.1. The van der Waals surface area contributed by atoms with E-state index >= 15 is 0 Å². The molecule has 0 aliphatic rings. The standard InChI is InChI=1S/C15H19N3O3S2/c1-18(11-14-7-4-8-22-14)15(19)16-10-12-5-3-6-13(9-12)17-23(2,20)21/h3-9,17H,10-11H2,1-2H3,(H,16,19). The Morgan fingerprint density at radius 2 is 2.04 bits per heavy atom. The van der Waals surface area contributed by atoms with Gasteiger partial charge >= 0.3 is 6.03 Å². The molecule has 0 atom stereocenters. The van der Waals surface area contributed by atoms with Crippen molar-refractivity contribution >= 4 is 33.1 Å². The van der Waals surface area contributed by atoms with Crippen LogP contribution in [0.4, 0.5) is 10.5 Å². The van der Waals surface area contributed by atoms with Gasteiger partial charge in [0.05, 0.1) is 12.8 Å². The van der Waals surface area contributed by atoms with Crippen molar-refractivity contribution < 1.29 is 13.2 Å². The second kappa shape index (κ2) is 7.47. The number of urea groups is 1. The van der Waals surface area contributed by atoms with E-state index in [0.29, 0.717) is 18.8 Å². The van der Waals surface area contributed by atoms with Crippen LogP contribution in [-0.4, -0.2) is 32.7 Å². The minimum absolute atomic E-state index is 0.181. The van der Waals surface area contributed by atoms with Gasteiger partial charge in [-0.3, -0.25) is 4.72 Å². The molecule has 2 rings (SSSR count). The number of amides is 2. The van der Waals surface area contributed by atoms with Crippen LogP contribution in [0.25, 0.3) is 0 Å². The summed E-state index contributed by atoms with van der Waals surface area (Å²) in [6.45, 7) is 0.881. The zero-order valence-electron chi connectivity index (χ0n) is 12.9. The molecule has 0 spiro atoms. The van der Waals surface area contributed by atoms with Crippen LogP contribution in [0.2, 0.25) is 0 Å². The molecule has 124 valence electrons. The largest absolute Gasteiger partial charge is 0.334 e. The number of hydrogen-bond acceptors (Lipinski definition) is 4. The summed E-state index contributed by atoms with van der Waals surface area (Å²) in [5.41, 5.74) is 1.29. The smallest absolute Gasteiger partial charge is 0.317 e. The molecule has 1 heterocycles. The number of anilines is 1. The summed E-state index contributed by atoms with van der Waals surface area (Å²) in [6.07, 6.45) is 1.10. The van der Waals surface area contributed by atoms with Gasteiger partial charge in [0, 0.05) is 24.2 Å². The molecule has 8 heteroatoms. The van der Waals surface area contributed by atoms with Gasteiger partial charge < -0.3 is 10.2 Å². The number of nitrogens with one attached hydrogen (secondary N) is 2. The molecular formula is C15H19N3O3S2. The zero-order valence-corrected chi connectivity index (χ0v) is 14.6. The van der Waals surface area contributed by atoms with Crippen LogP contribution in [-0.2, 0) is 23.1 Å². The third-order valence-electron chi connectivity index (χ3n) is 2.99. The molecule has 0 unspecified atom stereocenters. The minimum atomic E-state index is -3.31. The number of thiophene rings is 1. The summed E-state index contributed by atoms with van der Waals surface area (Å²) < 4.78 is 24.9. The molecule has 0 saturated heterocycles. The summed E-state index contributed by atoms with van der Waals surface area (Å²) in [6, 6.07) is 10.7. The Bertz CT molecular complexity index is 758. The molecule has 6 nitrogen and oxygen atoms in total. The Morgan fingerprint density at radius 3 is 2.70 bits per heavy atom.